The van der Waals surface area contributed by atoms with Gasteiger partial charge in [0.05, 0.1) is 23.0 Å². The Morgan fingerprint density at radius 1 is 1.05 bits per heavy atom. The predicted octanol–water partition coefficient (Wildman–Crippen LogP) is 4.17. The lowest BCUT2D eigenvalue weighted by Gasteiger charge is -2.47. The minimum atomic E-state index is 0.00951. The summed E-state index contributed by atoms with van der Waals surface area (Å²) in [6.45, 7) is 13.5. The van der Waals surface area contributed by atoms with Gasteiger partial charge in [0.15, 0.2) is 0 Å². The van der Waals surface area contributed by atoms with E-state index in [2.05, 4.69) is 75.8 Å². The van der Waals surface area contributed by atoms with Crippen LogP contribution in [0.3, 0.4) is 0 Å². The first kappa shape index (κ1) is 25.2. The number of hydrogen-bond acceptors (Lipinski definition) is 6. The number of anilines is 2. The maximum atomic E-state index is 12.2. The monoisotopic (exact) mass is 535 g/mol. The SMILES string of the molecule is C=CC(=O)N1CC2(CCN(c3cc(N4CCC5(CCN(C)C5)C4)cc(-c4c(C)ccc5[nH]ncc45)c3C#N)C2)C1. The fraction of sp³-hybridized carbons (Fsp3) is 0.469. The van der Waals surface area contributed by atoms with Crippen LogP contribution in [0.4, 0.5) is 11.4 Å². The van der Waals surface area contributed by atoms with E-state index in [1.807, 2.05) is 11.1 Å². The van der Waals surface area contributed by atoms with Crippen molar-refractivity contribution in [3.8, 4) is 17.2 Å². The molecule has 206 valence electrons. The second kappa shape index (κ2) is 9.10. The van der Waals surface area contributed by atoms with Crippen LogP contribution in [0.2, 0.25) is 0 Å². The average molecular weight is 536 g/mol. The normalized spacial score (nSPS) is 23.9. The van der Waals surface area contributed by atoms with Crippen molar-refractivity contribution in [2.24, 2.45) is 10.8 Å². The Balaban J connectivity index is 1.31. The molecule has 0 saturated carbocycles. The summed E-state index contributed by atoms with van der Waals surface area (Å²) in [5, 5.41) is 19.1. The number of H-pyrrole nitrogens is 1. The van der Waals surface area contributed by atoms with Crippen LogP contribution in [0, 0.1) is 29.1 Å². The van der Waals surface area contributed by atoms with Gasteiger partial charge in [0.1, 0.15) is 6.07 Å². The first-order chi connectivity index (χ1) is 19.3. The molecule has 4 aliphatic rings. The molecule has 4 fully saturated rings. The topological polar surface area (TPSA) is 82.5 Å². The molecule has 0 radical (unpaired) electrons. The van der Waals surface area contributed by atoms with E-state index < -0.39 is 0 Å². The number of nitriles is 1. The predicted molar refractivity (Wildman–Crippen MR) is 158 cm³/mol. The van der Waals surface area contributed by atoms with Crippen LogP contribution < -0.4 is 9.80 Å². The number of aryl methyl sites for hydroxylation is 1. The number of amides is 1. The van der Waals surface area contributed by atoms with Gasteiger partial charge in [0, 0.05) is 73.3 Å². The third-order valence-corrected chi connectivity index (χ3v) is 10.1. The molecule has 40 heavy (non-hydrogen) atoms. The summed E-state index contributed by atoms with van der Waals surface area (Å²) >= 11 is 0. The third-order valence-electron chi connectivity index (χ3n) is 10.1. The van der Waals surface area contributed by atoms with Crippen LogP contribution in [-0.2, 0) is 4.79 Å². The third kappa shape index (κ3) is 3.90. The summed E-state index contributed by atoms with van der Waals surface area (Å²) in [6, 6.07) is 11.3. The summed E-state index contributed by atoms with van der Waals surface area (Å²) in [5.74, 6) is 0.00951. The van der Waals surface area contributed by atoms with Crippen molar-refractivity contribution in [1.82, 2.24) is 20.0 Å². The number of likely N-dealkylation sites (tertiary alicyclic amines) is 2. The minimum absolute atomic E-state index is 0.00951. The molecule has 1 N–H and O–H groups in total. The Kier molecular flexibility index (Phi) is 5.72. The number of carbonyl (C=O) groups is 1. The van der Waals surface area contributed by atoms with Crippen molar-refractivity contribution in [3.63, 3.8) is 0 Å². The number of benzene rings is 2. The Morgan fingerprint density at radius 2 is 1.80 bits per heavy atom. The van der Waals surface area contributed by atoms with Crippen molar-refractivity contribution in [1.29, 1.82) is 5.26 Å². The Labute approximate surface area is 235 Å². The lowest BCUT2D eigenvalue weighted by atomic mass is 9.79. The second-order valence-electron chi connectivity index (χ2n) is 12.8. The second-order valence-corrected chi connectivity index (χ2v) is 12.8. The first-order valence-electron chi connectivity index (χ1n) is 14.4. The van der Waals surface area contributed by atoms with Gasteiger partial charge in [0.2, 0.25) is 5.91 Å². The highest BCUT2D eigenvalue weighted by molar-refractivity contribution is 5.99. The average Bonchev–Trinajstić information content (AvgIpc) is 3.74. The van der Waals surface area contributed by atoms with E-state index in [-0.39, 0.29) is 11.3 Å². The summed E-state index contributed by atoms with van der Waals surface area (Å²) in [5.41, 5.74) is 7.58. The van der Waals surface area contributed by atoms with E-state index in [1.54, 1.807) is 0 Å². The van der Waals surface area contributed by atoms with Gasteiger partial charge in [-0.3, -0.25) is 9.89 Å². The number of aromatic amines is 1. The van der Waals surface area contributed by atoms with Crippen LogP contribution in [0.25, 0.3) is 22.0 Å². The molecule has 1 amide bonds. The molecule has 4 aliphatic heterocycles. The van der Waals surface area contributed by atoms with Gasteiger partial charge in [-0.1, -0.05) is 12.6 Å². The molecule has 7 rings (SSSR count). The fourth-order valence-corrected chi connectivity index (χ4v) is 7.94. The number of nitrogens with zero attached hydrogens (tertiary/aromatic N) is 6. The highest BCUT2D eigenvalue weighted by Crippen LogP contribution is 2.47. The van der Waals surface area contributed by atoms with Crippen molar-refractivity contribution in [3.05, 3.63) is 54.2 Å². The van der Waals surface area contributed by atoms with Gasteiger partial charge in [-0.15, -0.1) is 0 Å². The summed E-state index contributed by atoms with van der Waals surface area (Å²) < 4.78 is 0. The zero-order valence-electron chi connectivity index (χ0n) is 23.5. The van der Waals surface area contributed by atoms with E-state index in [0.29, 0.717) is 5.41 Å². The van der Waals surface area contributed by atoms with Gasteiger partial charge in [-0.05, 0) is 75.2 Å². The molecular weight excluding hydrogens is 498 g/mol. The number of hydrogen-bond donors (Lipinski definition) is 1. The highest BCUT2D eigenvalue weighted by Gasteiger charge is 2.49. The fourth-order valence-electron chi connectivity index (χ4n) is 7.94. The number of aromatic nitrogens is 2. The first-order valence-corrected chi connectivity index (χ1v) is 14.4. The van der Waals surface area contributed by atoms with Crippen LogP contribution in [0.1, 0.15) is 30.4 Å². The van der Waals surface area contributed by atoms with Crippen LogP contribution in [0.5, 0.6) is 0 Å². The van der Waals surface area contributed by atoms with Gasteiger partial charge in [-0.25, -0.2) is 0 Å². The standard InChI is InChI=1S/C32H37N7O/c1-4-29(40)39-20-32(21-39)9-12-38(19-32)28-14-23(37-11-8-31(18-37)7-10-36(3)17-31)13-24(25(28)15-33)30-22(2)5-6-27-26(30)16-34-35-27/h4-6,13-14,16H,1,7-12,17-21H2,2-3H3,(H,34,35). The smallest absolute Gasteiger partial charge is 0.245 e. The van der Waals surface area contributed by atoms with E-state index >= 15 is 0 Å². The zero-order chi connectivity index (χ0) is 27.6. The van der Waals surface area contributed by atoms with Crippen LogP contribution in [-0.4, -0.2) is 85.3 Å². The number of fused-ring (bicyclic) bond motifs is 1. The largest absolute Gasteiger partial charge is 0.371 e. The van der Waals surface area contributed by atoms with Crippen LogP contribution in [0.15, 0.2) is 43.1 Å². The molecule has 8 heteroatoms. The quantitative estimate of drug-likeness (QED) is 0.505. The maximum absolute atomic E-state index is 12.2. The van der Waals surface area contributed by atoms with E-state index in [9.17, 15) is 10.1 Å². The molecular formula is C32H37N7O. The Morgan fingerprint density at radius 3 is 2.55 bits per heavy atom. The van der Waals surface area contributed by atoms with Crippen molar-refractivity contribution in [2.75, 3.05) is 69.2 Å². The molecule has 4 saturated heterocycles. The molecule has 0 aliphatic carbocycles. The minimum Gasteiger partial charge on any atom is -0.371 e. The molecule has 1 atom stereocenters. The Bertz CT molecular complexity index is 1560. The molecule has 1 aromatic heterocycles. The van der Waals surface area contributed by atoms with Gasteiger partial charge in [-0.2, -0.15) is 10.4 Å². The number of nitrogens with one attached hydrogen (secondary N) is 1. The lowest BCUT2D eigenvalue weighted by Crippen LogP contribution is -2.59. The molecule has 3 aromatic rings. The number of carbonyl (C=O) groups excluding carboxylic acids is 1. The highest BCUT2D eigenvalue weighted by atomic mass is 16.2. The van der Waals surface area contributed by atoms with E-state index in [0.717, 1.165) is 91.1 Å². The van der Waals surface area contributed by atoms with Crippen molar-refractivity contribution < 1.29 is 4.79 Å². The molecule has 1 unspecified atom stereocenters. The summed E-state index contributed by atoms with van der Waals surface area (Å²) in [4.78, 5) is 21.5. The van der Waals surface area contributed by atoms with Gasteiger partial charge < -0.3 is 19.6 Å². The van der Waals surface area contributed by atoms with Gasteiger partial charge >= 0.3 is 0 Å². The van der Waals surface area contributed by atoms with E-state index in [1.165, 1.54) is 31.1 Å². The van der Waals surface area contributed by atoms with Crippen molar-refractivity contribution >= 4 is 28.2 Å². The summed E-state index contributed by atoms with van der Waals surface area (Å²) in [7, 11) is 2.23. The zero-order valence-corrected chi connectivity index (χ0v) is 23.5. The van der Waals surface area contributed by atoms with Gasteiger partial charge in [0.25, 0.3) is 0 Å². The molecule has 2 spiro atoms. The molecule has 8 nitrogen and oxygen atoms in total. The number of rotatable bonds is 4. The summed E-state index contributed by atoms with van der Waals surface area (Å²) in [6.07, 6.45) is 6.77. The molecule has 5 heterocycles. The van der Waals surface area contributed by atoms with E-state index in [4.69, 9.17) is 0 Å². The Hall–Kier alpha value is -3.83. The molecule has 2 aromatic carbocycles. The van der Waals surface area contributed by atoms with Crippen LogP contribution >= 0.6 is 0 Å². The van der Waals surface area contributed by atoms with Crippen molar-refractivity contribution in [2.45, 2.75) is 26.2 Å². The lowest BCUT2D eigenvalue weighted by molar-refractivity contribution is -0.136. The molecule has 0 bridgehead atoms. The maximum Gasteiger partial charge on any atom is 0.245 e.